The Morgan fingerprint density at radius 2 is 2.03 bits per heavy atom. The Balaban J connectivity index is 1.89. The normalized spacial score (nSPS) is 13.0. The SMILES string of the molecule is C=CC(=O)N(C)c1cc2c(cn1)CCN(C(=O)c1cc(C(C)C)c(OC)cc1O)C2. The molecule has 1 N–H and O–H groups in total. The van der Waals surface area contributed by atoms with Crippen molar-refractivity contribution in [2.75, 3.05) is 25.6 Å². The minimum absolute atomic E-state index is 0.0984. The Kier molecular flexibility index (Phi) is 6.10. The van der Waals surface area contributed by atoms with E-state index in [1.54, 1.807) is 31.3 Å². The van der Waals surface area contributed by atoms with Crippen LogP contribution in [0.1, 0.15) is 46.8 Å². The quantitative estimate of drug-likeness (QED) is 0.767. The van der Waals surface area contributed by atoms with Crippen LogP contribution in [-0.2, 0) is 17.8 Å². The van der Waals surface area contributed by atoms with E-state index >= 15 is 0 Å². The number of aromatic nitrogens is 1. The van der Waals surface area contributed by atoms with Crippen molar-refractivity contribution in [2.24, 2.45) is 0 Å². The molecule has 0 unspecified atom stereocenters. The van der Waals surface area contributed by atoms with E-state index in [2.05, 4.69) is 11.6 Å². The highest BCUT2D eigenvalue weighted by molar-refractivity contribution is 6.00. The average Bonchev–Trinajstić information content (AvgIpc) is 2.76. The molecule has 1 aromatic carbocycles. The molecule has 7 heteroatoms. The molecule has 3 rings (SSSR count). The lowest BCUT2D eigenvalue weighted by Crippen LogP contribution is -2.36. The Bertz CT molecular complexity index is 1000. The number of anilines is 1. The number of hydrogen-bond donors (Lipinski definition) is 1. The van der Waals surface area contributed by atoms with E-state index in [0.717, 1.165) is 16.7 Å². The van der Waals surface area contributed by atoms with Gasteiger partial charge in [-0.05, 0) is 47.2 Å². The Labute approximate surface area is 176 Å². The minimum Gasteiger partial charge on any atom is -0.507 e. The summed E-state index contributed by atoms with van der Waals surface area (Å²) in [4.78, 5) is 32.6. The van der Waals surface area contributed by atoms with Crippen LogP contribution >= 0.6 is 0 Å². The number of carbonyl (C=O) groups is 2. The molecular weight excluding hydrogens is 382 g/mol. The molecule has 0 saturated carbocycles. The number of ether oxygens (including phenoxy) is 1. The van der Waals surface area contributed by atoms with Gasteiger partial charge in [-0.25, -0.2) is 4.98 Å². The summed E-state index contributed by atoms with van der Waals surface area (Å²) in [5.74, 6) is 0.614. The van der Waals surface area contributed by atoms with E-state index in [-0.39, 0.29) is 29.0 Å². The first-order valence-electron chi connectivity index (χ1n) is 9.84. The molecule has 2 amide bonds. The van der Waals surface area contributed by atoms with Gasteiger partial charge in [-0.15, -0.1) is 0 Å². The monoisotopic (exact) mass is 409 g/mol. The number of phenolic OH excluding ortho intramolecular Hbond substituents is 1. The summed E-state index contributed by atoms with van der Waals surface area (Å²) in [5, 5.41) is 10.4. The van der Waals surface area contributed by atoms with Gasteiger partial charge in [-0.1, -0.05) is 20.4 Å². The fraction of sp³-hybridized carbons (Fsp3) is 0.348. The molecular formula is C23H27N3O4. The molecule has 0 aliphatic carbocycles. The Morgan fingerprint density at radius 3 is 2.67 bits per heavy atom. The highest BCUT2D eigenvalue weighted by atomic mass is 16.5. The predicted octanol–water partition coefficient (Wildman–Crippen LogP) is 3.27. The first-order chi connectivity index (χ1) is 14.3. The van der Waals surface area contributed by atoms with E-state index in [9.17, 15) is 14.7 Å². The lowest BCUT2D eigenvalue weighted by Gasteiger charge is -2.30. The van der Waals surface area contributed by atoms with Crippen molar-refractivity contribution in [3.8, 4) is 11.5 Å². The minimum atomic E-state index is -0.254. The third kappa shape index (κ3) is 4.01. The number of rotatable bonds is 5. The van der Waals surface area contributed by atoms with Crippen molar-refractivity contribution in [1.82, 2.24) is 9.88 Å². The van der Waals surface area contributed by atoms with Gasteiger partial charge in [0.05, 0.1) is 12.7 Å². The van der Waals surface area contributed by atoms with Gasteiger partial charge in [-0.2, -0.15) is 0 Å². The number of likely N-dealkylation sites (N-methyl/N-ethyl adjacent to an activating group) is 1. The fourth-order valence-corrected chi connectivity index (χ4v) is 3.59. The smallest absolute Gasteiger partial charge is 0.257 e. The standard InChI is InChI=1S/C23H27N3O4/c1-6-22(28)25(4)21-9-16-13-26(8-7-15(16)12-24-21)23(29)18-10-17(14(2)3)20(30-5)11-19(18)27/h6,9-12,14,27H,1,7-8,13H2,2-5H3. The maximum absolute atomic E-state index is 13.2. The van der Waals surface area contributed by atoms with Gasteiger partial charge in [0.25, 0.3) is 11.8 Å². The number of carbonyl (C=O) groups excluding carboxylic acids is 2. The van der Waals surface area contributed by atoms with Gasteiger partial charge in [0.15, 0.2) is 0 Å². The molecule has 2 aromatic rings. The molecule has 0 fully saturated rings. The number of pyridine rings is 1. The molecule has 0 atom stereocenters. The van der Waals surface area contributed by atoms with Crippen molar-refractivity contribution in [3.05, 3.63) is 59.3 Å². The van der Waals surface area contributed by atoms with Crippen molar-refractivity contribution >= 4 is 17.6 Å². The molecule has 0 radical (unpaired) electrons. The summed E-state index contributed by atoms with van der Waals surface area (Å²) in [6.07, 6.45) is 3.64. The first-order valence-corrected chi connectivity index (χ1v) is 9.84. The summed E-state index contributed by atoms with van der Waals surface area (Å²) >= 11 is 0. The molecule has 30 heavy (non-hydrogen) atoms. The highest BCUT2D eigenvalue weighted by Crippen LogP contribution is 2.34. The van der Waals surface area contributed by atoms with E-state index in [1.807, 2.05) is 19.9 Å². The van der Waals surface area contributed by atoms with Crippen LogP contribution in [0.4, 0.5) is 5.82 Å². The number of fused-ring (bicyclic) bond motifs is 1. The molecule has 7 nitrogen and oxygen atoms in total. The van der Waals surface area contributed by atoms with Gasteiger partial charge in [-0.3, -0.25) is 14.5 Å². The van der Waals surface area contributed by atoms with Crippen molar-refractivity contribution < 1.29 is 19.4 Å². The maximum Gasteiger partial charge on any atom is 0.257 e. The summed E-state index contributed by atoms with van der Waals surface area (Å²) in [6.45, 7) is 8.42. The highest BCUT2D eigenvalue weighted by Gasteiger charge is 2.26. The van der Waals surface area contributed by atoms with Gasteiger partial charge in [0.2, 0.25) is 0 Å². The van der Waals surface area contributed by atoms with Crippen LogP contribution in [0.2, 0.25) is 0 Å². The van der Waals surface area contributed by atoms with Crippen LogP contribution < -0.4 is 9.64 Å². The Hall–Kier alpha value is -3.35. The van der Waals surface area contributed by atoms with Crippen LogP contribution in [0.3, 0.4) is 0 Å². The zero-order valence-electron chi connectivity index (χ0n) is 17.8. The molecule has 0 saturated heterocycles. The number of aromatic hydroxyl groups is 1. The molecule has 0 bridgehead atoms. The Morgan fingerprint density at radius 1 is 1.30 bits per heavy atom. The van der Waals surface area contributed by atoms with Gasteiger partial charge in [0, 0.05) is 32.4 Å². The second kappa shape index (κ2) is 8.57. The van der Waals surface area contributed by atoms with E-state index in [4.69, 9.17) is 4.74 Å². The third-order valence-corrected chi connectivity index (χ3v) is 5.42. The van der Waals surface area contributed by atoms with Gasteiger partial charge >= 0.3 is 0 Å². The average molecular weight is 409 g/mol. The zero-order chi connectivity index (χ0) is 22.0. The molecule has 2 heterocycles. The number of methoxy groups -OCH3 is 1. The second-order valence-corrected chi connectivity index (χ2v) is 7.66. The first kappa shape index (κ1) is 21.4. The molecule has 1 aromatic heterocycles. The third-order valence-electron chi connectivity index (χ3n) is 5.42. The van der Waals surface area contributed by atoms with Crippen molar-refractivity contribution in [3.63, 3.8) is 0 Å². The van der Waals surface area contributed by atoms with Crippen LogP contribution in [0.5, 0.6) is 11.5 Å². The van der Waals surface area contributed by atoms with Crippen LogP contribution in [-0.4, -0.2) is 47.5 Å². The summed E-state index contributed by atoms with van der Waals surface area (Å²) < 4.78 is 5.35. The van der Waals surface area contributed by atoms with E-state index < -0.39 is 0 Å². The summed E-state index contributed by atoms with van der Waals surface area (Å²) in [7, 11) is 3.18. The second-order valence-electron chi connectivity index (χ2n) is 7.66. The van der Waals surface area contributed by atoms with Crippen LogP contribution in [0.15, 0.2) is 37.1 Å². The fourth-order valence-electron chi connectivity index (χ4n) is 3.59. The number of amides is 2. The zero-order valence-corrected chi connectivity index (χ0v) is 17.8. The number of phenols is 1. The van der Waals surface area contributed by atoms with Crippen LogP contribution in [0.25, 0.3) is 0 Å². The largest absolute Gasteiger partial charge is 0.507 e. The number of hydrogen-bond acceptors (Lipinski definition) is 5. The molecule has 1 aliphatic heterocycles. The van der Waals surface area contributed by atoms with Crippen LogP contribution in [0, 0.1) is 0 Å². The van der Waals surface area contributed by atoms with Gasteiger partial charge < -0.3 is 14.7 Å². The summed E-state index contributed by atoms with van der Waals surface area (Å²) in [5.41, 5.74) is 3.10. The maximum atomic E-state index is 13.2. The van der Waals surface area contributed by atoms with E-state index in [0.29, 0.717) is 31.1 Å². The lowest BCUT2D eigenvalue weighted by atomic mass is 9.97. The number of nitrogens with zero attached hydrogens (tertiary/aromatic N) is 3. The summed E-state index contributed by atoms with van der Waals surface area (Å²) in [6, 6.07) is 5.03. The lowest BCUT2D eigenvalue weighted by molar-refractivity contribution is -0.113. The molecule has 0 spiro atoms. The topological polar surface area (TPSA) is 83.0 Å². The van der Waals surface area contributed by atoms with Gasteiger partial charge in [0.1, 0.15) is 17.3 Å². The predicted molar refractivity (Wildman–Crippen MR) is 115 cm³/mol. The molecule has 158 valence electrons. The van der Waals surface area contributed by atoms with Crippen molar-refractivity contribution in [2.45, 2.75) is 32.7 Å². The van der Waals surface area contributed by atoms with Crippen molar-refractivity contribution in [1.29, 1.82) is 0 Å². The van der Waals surface area contributed by atoms with E-state index in [1.165, 1.54) is 17.0 Å². The molecule has 1 aliphatic rings. The number of benzene rings is 1.